The number of piperazine rings is 1. The van der Waals surface area contributed by atoms with Gasteiger partial charge in [-0.05, 0) is 35.7 Å². The van der Waals surface area contributed by atoms with Crippen molar-refractivity contribution in [3.63, 3.8) is 0 Å². The number of nitrogens with zero attached hydrogens (tertiary/aromatic N) is 3. The van der Waals surface area contributed by atoms with Crippen LogP contribution in [0.3, 0.4) is 0 Å². The number of carbonyl (C=O) groups is 1. The van der Waals surface area contributed by atoms with Crippen molar-refractivity contribution >= 4 is 32.6 Å². The normalized spacial score (nSPS) is 14.2. The van der Waals surface area contributed by atoms with E-state index in [1.807, 2.05) is 52.3 Å². The van der Waals surface area contributed by atoms with Crippen molar-refractivity contribution in [1.29, 1.82) is 0 Å². The molecule has 32 heavy (non-hydrogen) atoms. The summed E-state index contributed by atoms with van der Waals surface area (Å²) in [4.78, 5) is 21.1. The zero-order valence-electron chi connectivity index (χ0n) is 17.3. The number of rotatable bonds is 4. The Hall–Kier alpha value is -3.32. The lowest BCUT2D eigenvalue weighted by molar-refractivity contribution is 0.0747. The Morgan fingerprint density at radius 3 is 2.31 bits per heavy atom. The standard InChI is InChI=1S/C25H21F2N3OS/c26-20-15-21(27)23-22(16-20)32-25(28-23)30-12-10-29(11-13-30)24(31)19-8-6-18(7-9-19)14-17-4-2-1-3-5-17/h1-9,15-16H,10-14H2. The summed E-state index contributed by atoms with van der Waals surface area (Å²) in [6.45, 7) is 2.30. The fourth-order valence-electron chi connectivity index (χ4n) is 3.96. The molecule has 3 aromatic carbocycles. The Bertz CT molecular complexity index is 1250. The fraction of sp³-hybridized carbons (Fsp3) is 0.200. The number of benzene rings is 3. The van der Waals surface area contributed by atoms with Crippen LogP contribution in [0, 0.1) is 11.6 Å². The van der Waals surface area contributed by atoms with Gasteiger partial charge in [0.2, 0.25) is 0 Å². The molecule has 0 aliphatic carbocycles. The van der Waals surface area contributed by atoms with E-state index in [0.29, 0.717) is 41.6 Å². The van der Waals surface area contributed by atoms with Gasteiger partial charge in [-0.2, -0.15) is 0 Å². The number of fused-ring (bicyclic) bond motifs is 1. The highest BCUT2D eigenvalue weighted by atomic mass is 32.1. The van der Waals surface area contributed by atoms with Crippen LogP contribution in [0.5, 0.6) is 0 Å². The maximum absolute atomic E-state index is 14.0. The molecule has 5 rings (SSSR count). The lowest BCUT2D eigenvalue weighted by atomic mass is 10.0. The van der Waals surface area contributed by atoms with Gasteiger partial charge in [0, 0.05) is 37.8 Å². The summed E-state index contributed by atoms with van der Waals surface area (Å²) in [5.41, 5.74) is 3.27. The van der Waals surface area contributed by atoms with E-state index in [-0.39, 0.29) is 11.4 Å². The third-order valence-corrected chi connectivity index (χ3v) is 6.75. The molecule has 2 heterocycles. The molecule has 0 saturated carbocycles. The first-order chi connectivity index (χ1) is 15.6. The van der Waals surface area contributed by atoms with Crippen LogP contribution in [0.2, 0.25) is 0 Å². The summed E-state index contributed by atoms with van der Waals surface area (Å²) in [6, 6.07) is 20.2. The minimum atomic E-state index is -0.646. The number of carbonyl (C=O) groups excluding carboxylic acids is 1. The van der Waals surface area contributed by atoms with Gasteiger partial charge < -0.3 is 9.80 Å². The molecule has 1 aliphatic rings. The molecule has 162 valence electrons. The average Bonchev–Trinajstić information content (AvgIpc) is 3.24. The van der Waals surface area contributed by atoms with E-state index in [0.717, 1.165) is 18.1 Å². The minimum absolute atomic E-state index is 0.00771. The first-order valence-electron chi connectivity index (χ1n) is 10.5. The highest BCUT2D eigenvalue weighted by Gasteiger charge is 2.24. The molecule has 0 N–H and O–H groups in total. The average molecular weight is 450 g/mol. The molecule has 1 amide bonds. The number of hydrogen-bond donors (Lipinski definition) is 0. The second-order valence-corrected chi connectivity index (χ2v) is 8.88. The quantitative estimate of drug-likeness (QED) is 0.434. The van der Waals surface area contributed by atoms with E-state index in [2.05, 4.69) is 17.1 Å². The Morgan fingerprint density at radius 1 is 0.906 bits per heavy atom. The molecular weight excluding hydrogens is 428 g/mol. The third kappa shape index (κ3) is 4.21. The van der Waals surface area contributed by atoms with E-state index in [4.69, 9.17) is 0 Å². The molecule has 1 saturated heterocycles. The van der Waals surface area contributed by atoms with E-state index in [1.165, 1.54) is 23.0 Å². The van der Waals surface area contributed by atoms with E-state index in [9.17, 15) is 13.6 Å². The third-order valence-electron chi connectivity index (χ3n) is 5.69. The van der Waals surface area contributed by atoms with Gasteiger partial charge >= 0.3 is 0 Å². The Morgan fingerprint density at radius 2 is 1.59 bits per heavy atom. The molecular formula is C25H21F2N3OS. The molecule has 1 aliphatic heterocycles. The lowest BCUT2D eigenvalue weighted by Gasteiger charge is -2.34. The second kappa shape index (κ2) is 8.67. The number of halogens is 2. The summed E-state index contributed by atoms with van der Waals surface area (Å²) in [5.74, 6) is -1.24. The van der Waals surface area contributed by atoms with E-state index < -0.39 is 11.6 Å². The summed E-state index contributed by atoms with van der Waals surface area (Å²) >= 11 is 1.27. The Labute approximate surface area is 188 Å². The molecule has 7 heteroatoms. The summed E-state index contributed by atoms with van der Waals surface area (Å²) in [7, 11) is 0. The largest absolute Gasteiger partial charge is 0.345 e. The second-order valence-electron chi connectivity index (χ2n) is 7.87. The smallest absolute Gasteiger partial charge is 0.253 e. The van der Waals surface area contributed by atoms with Crippen LogP contribution in [-0.2, 0) is 6.42 Å². The van der Waals surface area contributed by atoms with Crippen LogP contribution in [0.1, 0.15) is 21.5 Å². The molecule has 1 aromatic heterocycles. The van der Waals surface area contributed by atoms with Gasteiger partial charge in [-0.15, -0.1) is 0 Å². The van der Waals surface area contributed by atoms with Crippen molar-refractivity contribution in [2.45, 2.75) is 6.42 Å². The number of anilines is 1. The van der Waals surface area contributed by atoms with Gasteiger partial charge in [-0.3, -0.25) is 4.79 Å². The molecule has 0 bridgehead atoms. The number of aromatic nitrogens is 1. The van der Waals surface area contributed by atoms with Crippen LogP contribution in [0.15, 0.2) is 66.7 Å². The van der Waals surface area contributed by atoms with E-state index >= 15 is 0 Å². The van der Waals surface area contributed by atoms with Crippen molar-refractivity contribution in [3.05, 3.63) is 95.1 Å². The molecule has 0 atom stereocenters. The maximum Gasteiger partial charge on any atom is 0.253 e. The highest BCUT2D eigenvalue weighted by molar-refractivity contribution is 7.22. The van der Waals surface area contributed by atoms with Crippen LogP contribution in [0.4, 0.5) is 13.9 Å². The van der Waals surface area contributed by atoms with Gasteiger partial charge in [0.1, 0.15) is 11.3 Å². The van der Waals surface area contributed by atoms with Crippen molar-refractivity contribution in [2.75, 3.05) is 31.1 Å². The minimum Gasteiger partial charge on any atom is -0.345 e. The monoisotopic (exact) mass is 449 g/mol. The predicted octanol–water partition coefficient (Wildman–Crippen LogP) is 5.13. The summed E-state index contributed by atoms with van der Waals surface area (Å²) < 4.78 is 27.9. The molecule has 1 fully saturated rings. The molecule has 0 spiro atoms. The van der Waals surface area contributed by atoms with Crippen LogP contribution in [-0.4, -0.2) is 42.0 Å². The van der Waals surface area contributed by atoms with Gasteiger partial charge in [0.25, 0.3) is 5.91 Å². The SMILES string of the molecule is O=C(c1ccc(Cc2ccccc2)cc1)N1CCN(c2nc3c(F)cc(F)cc3s2)CC1. The highest BCUT2D eigenvalue weighted by Crippen LogP contribution is 2.31. The zero-order valence-corrected chi connectivity index (χ0v) is 18.1. The first kappa shape index (κ1) is 20.6. The van der Waals surface area contributed by atoms with Crippen molar-refractivity contribution in [1.82, 2.24) is 9.88 Å². The Balaban J connectivity index is 1.22. The van der Waals surface area contributed by atoms with Crippen molar-refractivity contribution in [3.8, 4) is 0 Å². The van der Waals surface area contributed by atoms with Gasteiger partial charge in [-0.1, -0.05) is 53.8 Å². The Kier molecular flexibility index (Phi) is 5.57. The molecule has 0 radical (unpaired) electrons. The van der Waals surface area contributed by atoms with Gasteiger partial charge in [0.05, 0.1) is 4.70 Å². The van der Waals surface area contributed by atoms with Crippen LogP contribution >= 0.6 is 11.3 Å². The number of hydrogen-bond acceptors (Lipinski definition) is 4. The van der Waals surface area contributed by atoms with Gasteiger partial charge in [-0.25, -0.2) is 13.8 Å². The molecule has 0 unspecified atom stereocenters. The van der Waals surface area contributed by atoms with Crippen LogP contribution < -0.4 is 4.90 Å². The fourth-order valence-corrected chi connectivity index (χ4v) is 5.02. The van der Waals surface area contributed by atoms with Crippen LogP contribution in [0.25, 0.3) is 10.2 Å². The molecule has 4 nitrogen and oxygen atoms in total. The predicted molar refractivity (Wildman–Crippen MR) is 123 cm³/mol. The van der Waals surface area contributed by atoms with Crippen molar-refractivity contribution < 1.29 is 13.6 Å². The lowest BCUT2D eigenvalue weighted by Crippen LogP contribution is -2.48. The number of amides is 1. The first-order valence-corrected chi connectivity index (χ1v) is 11.3. The zero-order chi connectivity index (χ0) is 22.1. The van der Waals surface area contributed by atoms with Gasteiger partial charge in [0.15, 0.2) is 10.9 Å². The van der Waals surface area contributed by atoms with E-state index in [1.54, 1.807) is 0 Å². The summed E-state index contributed by atoms with van der Waals surface area (Å²) in [6.07, 6.45) is 0.834. The topological polar surface area (TPSA) is 36.4 Å². The molecule has 4 aromatic rings. The van der Waals surface area contributed by atoms with Crippen molar-refractivity contribution in [2.24, 2.45) is 0 Å². The number of thiazole rings is 1. The summed E-state index contributed by atoms with van der Waals surface area (Å²) in [5, 5.41) is 0.655. The maximum atomic E-state index is 14.0.